The molecule has 1 atom stereocenters. The largest absolute Gasteiger partial charge is 0.494 e. The van der Waals surface area contributed by atoms with Crippen LogP contribution >= 0.6 is 0 Å². The fourth-order valence-corrected chi connectivity index (χ4v) is 1.37. The van der Waals surface area contributed by atoms with Crippen LogP contribution in [0.4, 0.5) is 4.39 Å². The molecule has 0 spiro atoms. The Kier molecular flexibility index (Phi) is 5.22. The van der Waals surface area contributed by atoms with Crippen LogP contribution in [0.2, 0.25) is 0 Å². The molecule has 4 heteroatoms. The SMILES string of the molecule is COc1cccc(CNCC(C)CO)c1F. The molecule has 0 aromatic heterocycles. The van der Waals surface area contributed by atoms with E-state index in [9.17, 15) is 4.39 Å². The molecule has 1 unspecified atom stereocenters. The summed E-state index contributed by atoms with van der Waals surface area (Å²) >= 11 is 0. The van der Waals surface area contributed by atoms with Gasteiger partial charge in [0.1, 0.15) is 0 Å². The minimum Gasteiger partial charge on any atom is -0.494 e. The summed E-state index contributed by atoms with van der Waals surface area (Å²) in [5, 5.41) is 11.9. The first-order valence-electron chi connectivity index (χ1n) is 5.32. The molecule has 2 N–H and O–H groups in total. The summed E-state index contributed by atoms with van der Waals surface area (Å²) in [5.74, 6) is 0.109. The Bertz CT molecular complexity index is 331. The molecule has 0 aliphatic rings. The van der Waals surface area contributed by atoms with Gasteiger partial charge in [-0.15, -0.1) is 0 Å². The van der Waals surface area contributed by atoms with Gasteiger partial charge in [0.2, 0.25) is 0 Å². The molecular formula is C12H18FNO2. The second kappa shape index (κ2) is 6.45. The lowest BCUT2D eigenvalue weighted by molar-refractivity contribution is 0.233. The molecule has 0 aliphatic carbocycles. The maximum atomic E-state index is 13.7. The number of ether oxygens (including phenoxy) is 1. The van der Waals surface area contributed by atoms with Crippen LogP contribution in [-0.4, -0.2) is 25.4 Å². The molecule has 0 aliphatic heterocycles. The molecule has 16 heavy (non-hydrogen) atoms. The quantitative estimate of drug-likeness (QED) is 0.774. The van der Waals surface area contributed by atoms with Crippen LogP contribution in [0, 0.1) is 11.7 Å². The van der Waals surface area contributed by atoms with E-state index in [2.05, 4.69) is 5.32 Å². The van der Waals surface area contributed by atoms with E-state index in [1.807, 2.05) is 6.92 Å². The molecule has 1 rings (SSSR count). The Morgan fingerprint density at radius 2 is 2.25 bits per heavy atom. The highest BCUT2D eigenvalue weighted by Gasteiger charge is 2.08. The van der Waals surface area contributed by atoms with Gasteiger partial charge >= 0.3 is 0 Å². The summed E-state index contributed by atoms with van der Waals surface area (Å²) in [6.07, 6.45) is 0. The number of hydrogen-bond acceptors (Lipinski definition) is 3. The fraction of sp³-hybridized carbons (Fsp3) is 0.500. The van der Waals surface area contributed by atoms with Crippen molar-refractivity contribution in [2.24, 2.45) is 5.92 Å². The number of rotatable bonds is 6. The minimum atomic E-state index is -0.325. The number of hydrogen-bond donors (Lipinski definition) is 2. The average molecular weight is 227 g/mol. The second-order valence-corrected chi connectivity index (χ2v) is 3.85. The van der Waals surface area contributed by atoms with Crippen LogP contribution < -0.4 is 10.1 Å². The van der Waals surface area contributed by atoms with Crippen LogP contribution in [0.1, 0.15) is 12.5 Å². The van der Waals surface area contributed by atoms with Gasteiger partial charge in [-0.05, 0) is 12.0 Å². The first-order valence-corrected chi connectivity index (χ1v) is 5.32. The van der Waals surface area contributed by atoms with Gasteiger partial charge < -0.3 is 15.2 Å². The summed E-state index contributed by atoms with van der Waals surface area (Å²) in [5.41, 5.74) is 0.574. The normalized spacial score (nSPS) is 12.5. The predicted octanol–water partition coefficient (Wildman–Crippen LogP) is 1.55. The molecule has 0 saturated carbocycles. The van der Waals surface area contributed by atoms with Crippen LogP contribution in [-0.2, 0) is 6.54 Å². The number of nitrogens with one attached hydrogen (secondary N) is 1. The third-order valence-corrected chi connectivity index (χ3v) is 2.38. The van der Waals surface area contributed by atoms with E-state index in [-0.39, 0.29) is 24.1 Å². The van der Waals surface area contributed by atoms with Gasteiger partial charge in [-0.25, -0.2) is 4.39 Å². The zero-order valence-electron chi connectivity index (χ0n) is 9.66. The molecule has 0 heterocycles. The van der Waals surface area contributed by atoms with Gasteiger partial charge in [0.25, 0.3) is 0 Å². The molecule has 0 bridgehead atoms. The van der Waals surface area contributed by atoms with Crippen LogP contribution in [0.3, 0.4) is 0 Å². The molecule has 3 nitrogen and oxygen atoms in total. The molecule has 0 radical (unpaired) electrons. The first-order chi connectivity index (χ1) is 7.69. The standard InChI is InChI=1S/C12H18FNO2/c1-9(8-15)6-14-7-10-4-3-5-11(16-2)12(10)13/h3-5,9,14-15H,6-8H2,1-2H3. The maximum absolute atomic E-state index is 13.7. The Hall–Kier alpha value is -1.13. The fourth-order valence-electron chi connectivity index (χ4n) is 1.37. The van der Waals surface area contributed by atoms with E-state index < -0.39 is 0 Å². The molecule has 1 aromatic rings. The van der Waals surface area contributed by atoms with Gasteiger partial charge in [0.05, 0.1) is 7.11 Å². The van der Waals surface area contributed by atoms with E-state index >= 15 is 0 Å². The minimum absolute atomic E-state index is 0.133. The summed E-state index contributed by atoms with van der Waals surface area (Å²) in [4.78, 5) is 0. The number of methoxy groups -OCH3 is 1. The third-order valence-electron chi connectivity index (χ3n) is 2.38. The van der Waals surface area contributed by atoms with Crippen molar-refractivity contribution in [3.05, 3.63) is 29.6 Å². The highest BCUT2D eigenvalue weighted by molar-refractivity contribution is 5.30. The smallest absolute Gasteiger partial charge is 0.169 e. The van der Waals surface area contributed by atoms with Crippen LogP contribution in [0.25, 0.3) is 0 Å². The van der Waals surface area contributed by atoms with Gasteiger partial charge in [0.15, 0.2) is 11.6 Å². The summed E-state index contributed by atoms with van der Waals surface area (Å²) in [7, 11) is 1.45. The van der Waals surface area contributed by atoms with Crippen molar-refractivity contribution in [3.63, 3.8) is 0 Å². The predicted molar refractivity (Wildman–Crippen MR) is 60.9 cm³/mol. The highest BCUT2D eigenvalue weighted by atomic mass is 19.1. The topological polar surface area (TPSA) is 41.5 Å². The van der Waals surface area contributed by atoms with E-state index in [0.29, 0.717) is 18.7 Å². The van der Waals surface area contributed by atoms with Crippen molar-refractivity contribution in [1.29, 1.82) is 0 Å². The Morgan fingerprint density at radius 3 is 2.88 bits per heavy atom. The van der Waals surface area contributed by atoms with Gasteiger partial charge in [0, 0.05) is 25.3 Å². The lowest BCUT2D eigenvalue weighted by Crippen LogP contribution is -2.23. The van der Waals surface area contributed by atoms with Gasteiger partial charge in [-0.2, -0.15) is 0 Å². The monoisotopic (exact) mass is 227 g/mol. The number of aliphatic hydroxyl groups is 1. The molecule has 0 fully saturated rings. The van der Waals surface area contributed by atoms with E-state index in [4.69, 9.17) is 9.84 Å². The highest BCUT2D eigenvalue weighted by Crippen LogP contribution is 2.19. The zero-order chi connectivity index (χ0) is 12.0. The number of aliphatic hydroxyl groups excluding tert-OH is 1. The molecular weight excluding hydrogens is 209 g/mol. The van der Waals surface area contributed by atoms with Crippen molar-refractivity contribution in [3.8, 4) is 5.75 Å². The second-order valence-electron chi connectivity index (χ2n) is 3.85. The van der Waals surface area contributed by atoms with Crippen LogP contribution in [0.5, 0.6) is 5.75 Å². The van der Waals surface area contributed by atoms with Crippen molar-refractivity contribution in [2.75, 3.05) is 20.3 Å². The molecule has 0 amide bonds. The Labute approximate surface area is 95.2 Å². The third kappa shape index (κ3) is 3.47. The summed E-state index contributed by atoms with van der Waals surface area (Å²) in [6, 6.07) is 5.07. The summed E-state index contributed by atoms with van der Waals surface area (Å²) < 4.78 is 18.6. The van der Waals surface area contributed by atoms with Gasteiger partial charge in [-0.1, -0.05) is 19.1 Å². The van der Waals surface area contributed by atoms with Gasteiger partial charge in [-0.3, -0.25) is 0 Å². The first kappa shape index (κ1) is 12.9. The number of halogens is 1. The maximum Gasteiger partial charge on any atom is 0.169 e. The zero-order valence-corrected chi connectivity index (χ0v) is 9.66. The van der Waals surface area contributed by atoms with Crippen LogP contribution in [0.15, 0.2) is 18.2 Å². The van der Waals surface area contributed by atoms with E-state index in [0.717, 1.165) is 0 Å². The average Bonchev–Trinajstić information content (AvgIpc) is 2.31. The molecule has 0 saturated heterocycles. The Morgan fingerprint density at radius 1 is 1.50 bits per heavy atom. The van der Waals surface area contributed by atoms with Crippen molar-refractivity contribution in [1.82, 2.24) is 5.32 Å². The lowest BCUT2D eigenvalue weighted by atomic mass is 10.1. The van der Waals surface area contributed by atoms with Crippen molar-refractivity contribution >= 4 is 0 Å². The van der Waals surface area contributed by atoms with Crippen molar-refractivity contribution in [2.45, 2.75) is 13.5 Å². The van der Waals surface area contributed by atoms with E-state index in [1.54, 1.807) is 18.2 Å². The lowest BCUT2D eigenvalue weighted by Gasteiger charge is -2.11. The summed E-state index contributed by atoms with van der Waals surface area (Å²) in [6.45, 7) is 3.16. The molecule has 90 valence electrons. The van der Waals surface area contributed by atoms with E-state index in [1.165, 1.54) is 7.11 Å². The van der Waals surface area contributed by atoms with Crippen molar-refractivity contribution < 1.29 is 14.2 Å². The molecule has 1 aromatic carbocycles. The Balaban J connectivity index is 2.54. The number of benzene rings is 1.